The first-order valence-electron chi connectivity index (χ1n) is 8.16. The van der Waals surface area contributed by atoms with Crippen LogP contribution in [0.3, 0.4) is 0 Å². The highest BCUT2D eigenvalue weighted by atomic mass is 32.2. The van der Waals surface area contributed by atoms with E-state index in [1.807, 2.05) is 0 Å². The number of carboxylic acid groups (broad SMARTS) is 1. The summed E-state index contributed by atoms with van der Waals surface area (Å²) in [6.45, 7) is 3.65. The Hall–Kier alpha value is -2.00. The largest absolute Gasteiger partial charge is 0.480 e. The van der Waals surface area contributed by atoms with Gasteiger partial charge in [-0.2, -0.15) is 4.31 Å². The third-order valence-electron chi connectivity index (χ3n) is 4.29. The number of rotatable bonds is 6. The maximum Gasteiger partial charge on any atom is 0.323 e. The Balaban J connectivity index is 2.03. The van der Waals surface area contributed by atoms with Gasteiger partial charge in [0.15, 0.2) is 0 Å². The van der Waals surface area contributed by atoms with Crippen LogP contribution >= 0.6 is 0 Å². The second-order valence-corrected chi connectivity index (χ2v) is 8.26. The smallest absolute Gasteiger partial charge is 0.323 e. The number of piperidine rings is 1. The van der Waals surface area contributed by atoms with E-state index in [9.17, 15) is 18.0 Å². The second kappa shape index (κ2) is 7.92. The van der Waals surface area contributed by atoms with Crippen LogP contribution in [-0.4, -0.2) is 65.3 Å². The predicted octanol–water partition coefficient (Wildman–Crippen LogP) is 0.804. The Morgan fingerprint density at radius 3 is 2.48 bits per heavy atom. The quantitative estimate of drug-likeness (QED) is 0.795. The Morgan fingerprint density at radius 1 is 1.36 bits per heavy atom. The maximum absolute atomic E-state index is 12.6. The summed E-state index contributed by atoms with van der Waals surface area (Å²) in [7, 11) is -3.61. The molecule has 0 saturated carbocycles. The molecule has 1 fully saturated rings. The van der Waals surface area contributed by atoms with Crippen LogP contribution in [0.15, 0.2) is 29.4 Å². The molecule has 1 saturated heterocycles. The fraction of sp³-hybridized carbons (Fsp3) is 0.562. The standard InChI is InChI=1S/C16H23N3O5S/c1-12(2)19(11-15(20)21)16(22)13-5-8-18(9-6-13)25(23,24)14-4-3-7-17-10-14/h3-4,7,10,12-13H,5-6,8-9,11H2,1-2H3,(H,20,21). The van der Waals surface area contributed by atoms with Gasteiger partial charge in [-0.05, 0) is 38.8 Å². The van der Waals surface area contributed by atoms with Crippen molar-refractivity contribution >= 4 is 21.9 Å². The molecule has 1 N–H and O–H groups in total. The van der Waals surface area contributed by atoms with Crippen molar-refractivity contribution in [1.82, 2.24) is 14.2 Å². The van der Waals surface area contributed by atoms with Crippen LogP contribution in [0, 0.1) is 5.92 Å². The minimum Gasteiger partial charge on any atom is -0.480 e. The van der Waals surface area contributed by atoms with Gasteiger partial charge < -0.3 is 10.0 Å². The molecule has 1 amide bonds. The van der Waals surface area contributed by atoms with Crippen molar-refractivity contribution < 1.29 is 23.1 Å². The summed E-state index contributed by atoms with van der Waals surface area (Å²) in [6.07, 6.45) is 3.56. The van der Waals surface area contributed by atoms with Crippen molar-refractivity contribution in [2.75, 3.05) is 19.6 Å². The third kappa shape index (κ3) is 4.55. The molecule has 1 aromatic heterocycles. The molecular formula is C16H23N3O5S. The number of carboxylic acids is 1. The summed E-state index contributed by atoms with van der Waals surface area (Å²) in [5.41, 5.74) is 0. The molecule has 1 aliphatic rings. The molecule has 2 heterocycles. The lowest BCUT2D eigenvalue weighted by molar-refractivity contribution is -0.148. The van der Waals surface area contributed by atoms with E-state index in [4.69, 9.17) is 5.11 Å². The zero-order valence-corrected chi connectivity index (χ0v) is 15.1. The Labute approximate surface area is 147 Å². The monoisotopic (exact) mass is 369 g/mol. The maximum atomic E-state index is 12.6. The van der Waals surface area contributed by atoms with Gasteiger partial charge >= 0.3 is 5.97 Å². The lowest BCUT2D eigenvalue weighted by Gasteiger charge is -2.34. The Bertz CT molecular complexity index is 713. The Morgan fingerprint density at radius 2 is 2.00 bits per heavy atom. The topological polar surface area (TPSA) is 108 Å². The van der Waals surface area contributed by atoms with E-state index >= 15 is 0 Å². The van der Waals surface area contributed by atoms with Crippen LogP contribution in [0.1, 0.15) is 26.7 Å². The van der Waals surface area contributed by atoms with Crippen molar-refractivity contribution in [3.63, 3.8) is 0 Å². The fourth-order valence-corrected chi connectivity index (χ4v) is 4.32. The van der Waals surface area contributed by atoms with Gasteiger partial charge in [0.25, 0.3) is 0 Å². The molecule has 1 aliphatic heterocycles. The van der Waals surface area contributed by atoms with Gasteiger partial charge in [0.05, 0.1) is 0 Å². The summed E-state index contributed by atoms with van der Waals surface area (Å²) >= 11 is 0. The highest BCUT2D eigenvalue weighted by Crippen LogP contribution is 2.25. The highest BCUT2D eigenvalue weighted by molar-refractivity contribution is 7.89. The second-order valence-electron chi connectivity index (χ2n) is 6.32. The molecule has 0 bridgehead atoms. The zero-order chi connectivity index (χ0) is 18.6. The van der Waals surface area contributed by atoms with Gasteiger partial charge in [-0.15, -0.1) is 0 Å². The van der Waals surface area contributed by atoms with Gasteiger partial charge in [-0.25, -0.2) is 8.42 Å². The molecule has 0 spiro atoms. The number of aliphatic carboxylic acids is 1. The van der Waals surface area contributed by atoms with Gasteiger partial charge in [0.2, 0.25) is 15.9 Å². The lowest BCUT2D eigenvalue weighted by Crippen LogP contribution is -2.47. The highest BCUT2D eigenvalue weighted by Gasteiger charge is 2.34. The number of pyridine rings is 1. The molecule has 0 aliphatic carbocycles. The number of hydrogen-bond donors (Lipinski definition) is 1. The first kappa shape index (κ1) is 19.3. The summed E-state index contributed by atoms with van der Waals surface area (Å²) in [5.74, 6) is -1.64. The molecule has 9 heteroatoms. The summed E-state index contributed by atoms with van der Waals surface area (Å²) in [4.78, 5) is 28.8. The van der Waals surface area contributed by atoms with Crippen molar-refractivity contribution in [1.29, 1.82) is 0 Å². The van der Waals surface area contributed by atoms with Crippen LogP contribution in [0.5, 0.6) is 0 Å². The molecule has 1 aromatic rings. The number of aromatic nitrogens is 1. The van der Waals surface area contributed by atoms with E-state index < -0.39 is 16.0 Å². The van der Waals surface area contributed by atoms with Crippen molar-refractivity contribution in [2.24, 2.45) is 5.92 Å². The molecule has 8 nitrogen and oxygen atoms in total. The molecule has 0 aromatic carbocycles. The molecule has 0 radical (unpaired) electrons. The number of carbonyl (C=O) groups is 2. The predicted molar refractivity (Wildman–Crippen MR) is 90.2 cm³/mol. The average molecular weight is 369 g/mol. The van der Waals surface area contributed by atoms with E-state index in [0.717, 1.165) is 0 Å². The molecule has 0 atom stereocenters. The van der Waals surface area contributed by atoms with Crippen LogP contribution in [0.25, 0.3) is 0 Å². The summed E-state index contributed by atoms with van der Waals surface area (Å²) in [6, 6.07) is 2.84. The lowest BCUT2D eigenvalue weighted by atomic mass is 9.96. The Kier molecular flexibility index (Phi) is 6.12. The normalized spacial score (nSPS) is 16.8. The van der Waals surface area contributed by atoms with Gasteiger partial charge in [-0.3, -0.25) is 14.6 Å². The molecule has 2 rings (SSSR count). The number of carbonyl (C=O) groups excluding carboxylic acids is 1. The molecular weight excluding hydrogens is 346 g/mol. The third-order valence-corrected chi connectivity index (χ3v) is 6.17. The number of amides is 1. The number of sulfonamides is 1. The van der Waals surface area contributed by atoms with Crippen LogP contribution in [0.4, 0.5) is 0 Å². The fourth-order valence-electron chi connectivity index (χ4n) is 2.89. The average Bonchev–Trinajstić information content (AvgIpc) is 2.59. The van der Waals surface area contributed by atoms with Crippen LogP contribution in [-0.2, 0) is 19.6 Å². The van der Waals surface area contributed by atoms with E-state index in [1.54, 1.807) is 19.9 Å². The minimum absolute atomic E-state index is 0.134. The molecule has 0 unspecified atom stereocenters. The van der Waals surface area contributed by atoms with Crippen LogP contribution < -0.4 is 0 Å². The van der Waals surface area contributed by atoms with Crippen LogP contribution in [0.2, 0.25) is 0 Å². The first-order chi connectivity index (χ1) is 11.7. The van der Waals surface area contributed by atoms with Gasteiger partial charge in [0, 0.05) is 37.4 Å². The van der Waals surface area contributed by atoms with Gasteiger partial charge in [-0.1, -0.05) is 0 Å². The van der Waals surface area contributed by atoms with Crippen molar-refractivity contribution in [3.8, 4) is 0 Å². The van der Waals surface area contributed by atoms with Gasteiger partial charge in [0.1, 0.15) is 11.4 Å². The van der Waals surface area contributed by atoms with E-state index in [1.165, 1.54) is 27.7 Å². The SMILES string of the molecule is CC(C)N(CC(=O)O)C(=O)C1CCN(S(=O)(=O)c2cccnc2)CC1. The van der Waals surface area contributed by atoms with Crippen molar-refractivity contribution in [2.45, 2.75) is 37.6 Å². The van der Waals surface area contributed by atoms with E-state index in [0.29, 0.717) is 12.8 Å². The summed E-state index contributed by atoms with van der Waals surface area (Å²) in [5, 5.41) is 8.97. The van der Waals surface area contributed by atoms with E-state index in [2.05, 4.69) is 4.98 Å². The zero-order valence-electron chi connectivity index (χ0n) is 14.3. The molecule has 25 heavy (non-hydrogen) atoms. The summed E-state index contributed by atoms with van der Waals surface area (Å²) < 4.78 is 26.5. The van der Waals surface area contributed by atoms with Crippen molar-refractivity contribution in [3.05, 3.63) is 24.5 Å². The molecule has 138 valence electrons. The first-order valence-corrected chi connectivity index (χ1v) is 9.60. The minimum atomic E-state index is -3.61. The van der Waals surface area contributed by atoms with E-state index in [-0.39, 0.29) is 42.4 Å². The number of hydrogen-bond acceptors (Lipinski definition) is 5. The number of nitrogens with zero attached hydrogens (tertiary/aromatic N) is 3.